The van der Waals surface area contributed by atoms with Crippen molar-refractivity contribution >= 4 is 151 Å². The van der Waals surface area contributed by atoms with Gasteiger partial charge < -0.3 is 46.4 Å². The van der Waals surface area contributed by atoms with Crippen molar-refractivity contribution in [2.75, 3.05) is 48.5 Å². The van der Waals surface area contributed by atoms with E-state index in [0.717, 1.165) is 22.9 Å². The normalized spacial score (nSPS) is 10.5. The van der Waals surface area contributed by atoms with E-state index in [4.69, 9.17) is 11.6 Å². The van der Waals surface area contributed by atoms with Crippen LogP contribution in [0.15, 0.2) is 36.7 Å². The average Bonchev–Trinajstić information content (AvgIpc) is 3.87. The van der Waals surface area contributed by atoms with Crippen molar-refractivity contribution in [3.05, 3.63) is 63.6 Å². The van der Waals surface area contributed by atoms with Crippen molar-refractivity contribution < 1.29 is 33.7 Å². The summed E-state index contributed by atoms with van der Waals surface area (Å²) >= 11 is 15.7. The van der Waals surface area contributed by atoms with Gasteiger partial charge in [0.1, 0.15) is 21.4 Å². The Morgan fingerprint density at radius 3 is 1.85 bits per heavy atom. The molecule has 4 aromatic rings. The Morgan fingerprint density at radius 2 is 1.33 bits per heavy atom. The van der Waals surface area contributed by atoms with Gasteiger partial charge in [0.25, 0.3) is 23.6 Å². The number of nitrogens with zero attached hydrogens (tertiary/aromatic N) is 3. The van der Waals surface area contributed by atoms with Crippen LogP contribution in [0, 0.1) is 0 Å². The number of hydrogen-bond acceptors (Lipinski definition) is 10. The van der Waals surface area contributed by atoms with Gasteiger partial charge in [-0.25, -0.2) is 0 Å². The molecule has 0 atom stereocenters. The summed E-state index contributed by atoms with van der Waals surface area (Å²) in [5, 5.41) is 20.0. The molecule has 23 heteroatoms. The van der Waals surface area contributed by atoms with Crippen LogP contribution >= 0.6 is 94.4 Å². The zero-order valence-corrected chi connectivity index (χ0v) is 38.1. The molecule has 4 rings (SSSR count). The first-order valence-electron chi connectivity index (χ1n) is 14.9. The Bertz CT molecular complexity index is 1930. The molecule has 0 fully saturated rings. The summed E-state index contributed by atoms with van der Waals surface area (Å²) < 4.78 is 7.14. The van der Waals surface area contributed by atoms with Gasteiger partial charge in [0, 0.05) is 66.5 Å². The molecule has 0 aromatic carbocycles. The first-order valence-corrected chi connectivity index (χ1v) is 30.3. The van der Waals surface area contributed by atoms with Gasteiger partial charge in [0.05, 0.1) is 21.3 Å². The summed E-state index contributed by atoms with van der Waals surface area (Å²) in [6, 6.07) is 6.15. The average molecular weight is 1150 g/mol. The van der Waals surface area contributed by atoms with Gasteiger partial charge in [0.15, 0.2) is 5.69 Å². The van der Waals surface area contributed by atoms with Gasteiger partial charge in [-0.15, -0.1) is 11.3 Å². The minimum atomic E-state index is -0.506. The van der Waals surface area contributed by atoms with Gasteiger partial charge in [-0.05, 0) is 35.8 Å². The zero-order chi connectivity index (χ0) is 38.5. The Labute approximate surface area is 349 Å². The molecule has 0 aliphatic carbocycles. The van der Waals surface area contributed by atoms with Gasteiger partial charge in [-0.3, -0.25) is 28.8 Å². The molecule has 7 N–H and O–H groups in total. The molecule has 0 radical (unpaired) electrons. The Morgan fingerprint density at radius 1 is 0.788 bits per heavy atom. The number of nitrogens with one attached hydrogen (secondary N) is 7. The third-order valence-electron chi connectivity index (χ3n) is 6.72. The molecular weight excluding hydrogens is 1120 g/mol. The summed E-state index contributed by atoms with van der Waals surface area (Å²) in [5.74, 6) is -2.37. The molecule has 0 aliphatic heterocycles. The molecule has 4 aromatic heterocycles. The number of amides is 6. The molecule has 0 spiro atoms. The molecule has 0 saturated carbocycles. The predicted octanol–water partition coefficient (Wildman–Crippen LogP) is 5.36. The SMILES string of the molecule is CNC(=O)CCNC(=O)c1cc(NC(=O)CCNC(=O)c2cc(NC(=O)c3ccc(NC(=O)c4nsc(NC)c4Cl)s3)cn2C)cn1C.[I][V]([I])[I]. The first-order chi connectivity index (χ1) is 24.6. The van der Waals surface area contributed by atoms with Crippen molar-refractivity contribution in [2.45, 2.75) is 12.8 Å². The number of hydrogen-bond donors (Lipinski definition) is 7. The number of carbonyl (C=O) groups excluding carboxylic acids is 6. The van der Waals surface area contributed by atoms with Crippen LogP contribution in [0.1, 0.15) is 54.0 Å². The fourth-order valence-corrected chi connectivity index (χ4v) is 6.09. The molecule has 4 heterocycles. The fraction of sp³-hybridized carbons (Fsp3) is 0.276. The minimum absolute atomic E-state index is 0.0310. The monoisotopic (exact) mass is 1150 g/mol. The van der Waals surface area contributed by atoms with Gasteiger partial charge in [0.2, 0.25) is 11.8 Å². The number of aryl methyl sites for hydroxylation is 2. The van der Waals surface area contributed by atoms with E-state index in [-0.39, 0.29) is 59.1 Å². The number of halogens is 4. The zero-order valence-electron chi connectivity index (χ0n) is 27.9. The van der Waals surface area contributed by atoms with Crippen molar-refractivity contribution in [1.29, 1.82) is 0 Å². The molecule has 0 saturated heterocycles. The second kappa shape index (κ2) is 21.5. The molecule has 52 heavy (non-hydrogen) atoms. The number of aromatic nitrogens is 3. The van der Waals surface area contributed by atoms with Crippen LogP contribution in [0.3, 0.4) is 0 Å². The number of thiophene rings is 1. The maximum atomic E-state index is 12.9. The summed E-state index contributed by atoms with van der Waals surface area (Å²) in [6.07, 6.45) is 3.25. The molecule has 0 unspecified atom stereocenters. The summed E-state index contributed by atoms with van der Waals surface area (Å²) in [5.41, 5.74) is 1.40. The van der Waals surface area contributed by atoms with E-state index in [1.54, 1.807) is 50.2 Å². The third kappa shape index (κ3) is 13.5. The topological polar surface area (TPSA) is 209 Å². The molecule has 0 bridgehead atoms. The van der Waals surface area contributed by atoms with Crippen LogP contribution in [-0.4, -0.2) is 76.1 Å². The van der Waals surface area contributed by atoms with Gasteiger partial charge in [-0.2, -0.15) is 4.37 Å². The molecule has 280 valence electrons. The van der Waals surface area contributed by atoms with Crippen LogP contribution in [0.2, 0.25) is 5.02 Å². The van der Waals surface area contributed by atoms with Gasteiger partial charge in [-0.1, -0.05) is 11.6 Å². The van der Waals surface area contributed by atoms with Crippen molar-refractivity contribution in [1.82, 2.24) is 29.5 Å². The molecule has 6 amide bonds. The Balaban J connectivity index is 0.00000173. The van der Waals surface area contributed by atoms with Crippen molar-refractivity contribution in [2.24, 2.45) is 14.1 Å². The molecular formula is C29H33ClI3N10O6S2V. The van der Waals surface area contributed by atoms with Crippen LogP contribution in [0.5, 0.6) is 0 Å². The molecule has 16 nitrogen and oxygen atoms in total. The van der Waals surface area contributed by atoms with Crippen LogP contribution in [-0.2, 0) is 28.6 Å². The Hall–Kier alpha value is -2.43. The summed E-state index contributed by atoms with van der Waals surface area (Å²) in [6.45, 7) is 0.198. The van der Waals surface area contributed by atoms with E-state index >= 15 is 0 Å². The second-order valence-corrected chi connectivity index (χ2v) is 48.0. The van der Waals surface area contributed by atoms with Crippen molar-refractivity contribution in [3.63, 3.8) is 0 Å². The van der Waals surface area contributed by atoms with Crippen molar-refractivity contribution in [3.8, 4) is 0 Å². The van der Waals surface area contributed by atoms with E-state index in [9.17, 15) is 28.8 Å². The Kier molecular flexibility index (Phi) is 18.1. The van der Waals surface area contributed by atoms with Crippen LogP contribution < -0.4 is 37.2 Å². The van der Waals surface area contributed by atoms with E-state index in [2.05, 4.69) is 102 Å². The number of carbonyl (C=O) groups is 6. The standard InChI is InChI=1S/C29H33ClN10O6S2.3HI.V/c1-31-20(41)7-9-33-25(43)17-11-15(13-39(17)3)35-21(42)8-10-34-26(44)18-12-16(14-40(18)4)36-27(45)19-5-6-22(47-19)37-28(46)24-23(30)29(32-2)48-38-24;;;;/h5-6,11-14,32H,7-10H2,1-4H3,(H,31,41)(H,33,43)(H,34,44)(H,35,42)(H,36,45)(H,37,46);3*1H;/q;;;;+3/p-3. The van der Waals surface area contributed by atoms with E-state index in [0.29, 0.717) is 31.9 Å². The fourth-order valence-electron chi connectivity index (χ4n) is 4.29. The number of anilines is 4. The second-order valence-electron chi connectivity index (χ2n) is 10.4. The first kappa shape index (κ1) is 44.0. The third-order valence-corrected chi connectivity index (χ3v) is 9.06. The number of rotatable bonds is 14. The summed E-state index contributed by atoms with van der Waals surface area (Å²) in [7, 11) is 6.47. The van der Waals surface area contributed by atoms with E-state index in [1.807, 2.05) is 0 Å². The van der Waals surface area contributed by atoms with Crippen LogP contribution in [0.4, 0.5) is 21.4 Å². The van der Waals surface area contributed by atoms with E-state index in [1.165, 1.54) is 23.7 Å². The van der Waals surface area contributed by atoms with E-state index < -0.39 is 23.6 Å². The van der Waals surface area contributed by atoms with Gasteiger partial charge >= 0.3 is 64.9 Å². The summed E-state index contributed by atoms with van der Waals surface area (Å²) in [4.78, 5) is 74.5. The van der Waals surface area contributed by atoms with Crippen LogP contribution in [0.25, 0.3) is 0 Å². The molecule has 0 aliphatic rings. The quantitative estimate of drug-likeness (QED) is 0.0817. The maximum absolute atomic E-state index is 12.9. The predicted molar refractivity (Wildman–Crippen MR) is 226 cm³/mol.